The summed E-state index contributed by atoms with van der Waals surface area (Å²) in [6.07, 6.45) is -1.39. The van der Waals surface area contributed by atoms with Gasteiger partial charge in [-0.1, -0.05) is 12.1 Å². The second-order valence-electron chi connectivity index (χ2n) is 5.90. The van der Waals surface area contributed by atoms with Crippen molar-refractivity contribution in [2.24, 2.45) is 0 Å². The number of carbonyl (C=O) groups is 1. The maximum atomic E-state index is 12.8. The van der Waals surface area contributed by atoms with Crippen LogP contribution in [-0.4, -0.2) is 33.0 Å². The van der Waals surface area contributed by atoms with Crippen LogP contribution in [0.4, 0.5) is 18.9 Å². The van der Waals surface area contributed by atoms with E-state index < -0.39 is 11.7 Å². The number of hydrogen-bond donors (Lipinski definition) is 1. The number of thioether (sulfide) groups is 1. The van der Waals surface area contributed by atoms with Gasteiger partial charge in [0.2, 0.25) is 5.91 Å². The molecule has 0 atom stereocenters. The lowest BCUT2D eigenvalue weighted by molar-refractivity contribution is -0.137. The van der Waals surface area contributed by atoms with Crippen molar-refractivity contribution in [2.75, 3.05) is 17.7 Å². The highest BCUT2D eigenvalue weighted by molar-refractivity contribution is 8.00. The van der Waals surface area contributed by atoms with Crippen molar-refractivity contribution >= 4 is 23.4 Å². The van der Waals surface area contributed by atoms with Crippen molar-refractivity contribution in [1.29, 1.82) is 0 Å². The van der Waals surface area contributed by atoms with E-state index in [1.807, 2.05) is 0 Å². The molecule has 0 unspecified atom stereocenters. The lowest BCUT2D eigenvalue weighted by atomic mass is 10.2. The molecule has 0 aliphatic heterocycles. The Morgan fingerprint density at radius 3 is 2.76 bits per heavy atom. The number of nitrogens with zero attached hydrogens (tertiary/aromatic N) is 3. The number of carbonyl (C=O) groups excluding carboxylic acids is 1. The fourth-order valence-corrected chi connectivity index (χ4v) is 3.13. The van der Waals surface area contributed by atoms with Gasteiger partial charge in [-0.15, -0.1) is 11.8 Å². The Balaban J connectivity index is 1.49. The average Bonchev–Trinajstić information content (AvgIpc) is 3.20. The van der Waals surface area contributed by atoms with Crippen molar-refractivity contribution in [3.63, 3.8) is 0 Å². The van der Waals surface area contributed by atoms with Gasteiger partial charge in [-0.3, -0.25) is 4.79 Å². The Labute approximate surface area is 169 Å². The van der Waals surface area contributed by atoms with Crippen LogP contribution in [0.15, 0.2) is 66.1 Å². The third-order valence-corrected chi connectivity index (χ3v) is 4.70. The molecular formula is C19H17F3N4O2S. The standard InChI is InChI=1S/C19H17F3N4O2S/c20-19(21,22)14-3-1-6-17(9-14)29-11-18(27)25-15-4-2-5-16(10-15)28-8-7-26-13-23-12-24-26/h1-6,9-10,12-13H,7-8,11H2,(H,25,27). The number of alkyl halides is 3. The summed E-state index contributed by atoms with van der Waals surface area (Å²) in [6, 6.07) is 11.8. The zero-order chi connectivity index (χ0) is 20.7. The van der Waals surface area contributed by atoms with Gasteiger partial charge in [-0.25, -0.2) is 9.67 Å². The van der Waals surface area contributed by atoms with Crippen LogP contribution in [0.5, 0.6) is 5.75 Å². The molecule has 2 aromatic carbocycles. The third kappa shape index (κ3) is 6.53. The topological polar surface area (TPSA) is 69.0 Å². The van der Waals surface area contributed by atoms with Gasteiger partial charge in [-0.2, -0.15) is 18.3 Å². The normalized spacial score (nSPS) is 11.3. The van der Waals surface area contributed by atoms with E-state index in [1.165, 1.54) is 18.5 Å². The van der Waals surface area contributed by atoms with Gasteiger partial charge in [0.05, 0.1) is 17.9 Å². The van der Waals surface area contributed by atoms with E-state index >= 15 is 0 Å². The molecule has 1 N–H and O–H groups in total. The first-order chi connectivity index (χ1) is 13.9. The van der Waals surface area contributed by atoms with E-state index in [-0.39, 0.29) is 11.7 Å². The molecule has 0 saturated carbocycles. The Morgan fingerprint density at radius 2 is 2.00 bits per heavy atom. The molecule has 152 valence electrons. The Bertz CT molecular complexity index is 949. The molecule has 29 heavy (non-hydrogen) atoms. The van der Waals surface area contributed by atoms with Gasteiger partial charge in [0.15, 0.2) is 0 Å². The van der Waals surface area contributed by atoms with E-state index in [0.717, 1.165) is 23.9 Å². The van der Waals surface area contributed by atoms with Crippen LogP contribution >= 0.6 is 11.8 Å². The predicted octanol–water partition coefficient (Wildman–Crippen LogP) is 4.11. The minimum absolute atomic E-state index is 0.0152. The molecule has 6 nitrogen and oxygen atoms in total. The fourth-order valence-electron chi connectivity index (χ4n) is 2.38. The van der Waals surface area contributed by atoms with Crippen LogP contribution in [-0.2, 0) is 17.5 Å². The second kappa shape index (κ2) is 9.46. The van der Waals surface area contributed by atoms with Crippen molar-refractivity contribution in [2.45, 2.75) is 17.6 Å². The van der Waals surface area contributed by atoms with Gasteiger partial charge < -0.3 is 10.1 Å². The number of amides is 1. The number of benzene rings is 2. The van der Waals surface area contributed by atoms with Crippen LogP contribution in [0, 0.1) is 0 Å². The third-order valence-electron chi connectivity index (χ3n) is 3.70. The van der Waals surface area contributed by atoms with E-state index in [0.29, 0.717) is 29.5 Å². The Hall–Kier alpha value is -3.01. The quantitative estimate of drug-likeness (QED) is 0.554. The summed E-state index contributed by atoms with van der Waals surface area (Å²) in [7, 11) is 0. The maximum Gasteiger partial charge on any atom is 0.416 e. The van der Waals surface area contributed by atoms with Crippen LogP contribution in [0.1, 0.15) is 5.56 Å². The van der Waals surface area contributed by atoms with Crippen LogP contribution in [0.3, 0.4) is 0 Å². The Kier molecular flexibility index (Phi) is 6.76. The Morgan fingerprint density at radius 1 is 1.17 bits per heavy atom. The number of hydrogen-bond acceptors (Lipinski definition) is 5. The minimum Gasteiger partial charge on any atom is -0.492 e. The van der Waals surface area contributed by atoms with Crippen LogP contribution in [0.2, 0.25) is 0 Å². The highest BCUT2D eigenvalue weighted by Gasteiger charge is 2.30. The SMILES string of the molecule is O=C(CSc1cccc(C(F)(F)F)c1)Nc1cccc(OCCn2cncn2)c1. The summed E-state index contributed by atoms with van der Waals surface area (Å²) in [6.45, 7) is 0.913. The summed E-state index contributed by atoms with van der Waals surface area (Å²) < 4.78 is 45.5. The van der Waals surface area contributed by atoms with Crippen molar-refractivity contribution < 1.29 is 22.7 Å². The maximum absolute atomic E-state index is 12.8. The molecule has 1 heterocycles. The second-order valence-corrected chi connectivity index (χ2v) is 6.95. The van der Waals surface area contributed by atoms with Crippen molar-refractivity contribution in [1.82, 2.24) is 14.8 Å². The van der Waals surface area contributed by atoms with Crippen LogP contribution < -0.4 is 10.1 Å². The van der Waals surface area contributed by atoms with Gasteiger partial charge in [0, 0.05) is 16.6 Å². The number of anilines is 1. The number of rotatable bonds is 8. The van der Waals surface area contributed by atoms with Crippen molar-refractivity contribution in [3.05, 3.63) is 66.7 Å². The molecule has 3 rings (SSSR count). The van der Waals surface area contributed by atoms with E-state index in [1.54, 1.807) is 35.3 Å². The lowest BCUT2D eigenvalue weighted by Gasteiger charge is -2.10. The summed E-state index contributed by atoms with van der Waals surface area (Å²) >= 11 is 1.04. The largest absolute Gasteiger partial charge is 0.492 e. The molecule has 0 aliphatic rings. The van der Waals surface area contributed by atoms with Crippen LogP contribution in [0.25, 0.3) is 0 Å². The molecule has 0 aliphatic carbocycles. The molecule has 0 bridgehead atoms. The van der Waals surface area contributed by atoms with Crippen molar-refractivity contribution in [3.8, 4) is 5.75 Å². The fraction of sp³-hybridized carbons (Fsp3) is 0.211. The van der Waals surface area contributed by atoms with E-state index in [2.05, 4.69) is 15.4 Å². The van der Waals surface area contributed by atoms with Gasteiger partial charge >= 0.3 is 6.18 Å². The molecule has 10 heteroatoms. The highest BCUT2D eigenvalue weighted by atomic mass is 32.2. The molecular weight excluding hydrogens is 405 g/mol. The summed E-state index contributed by atoms with van der Waals surface area (Å²) in [5.74, 6) is 0.235. The van der Waals surface area contributed by atoms with E-state index in [4.69, 9.17) is 4.74 Å². The first-order valence-corrected chi connectivity index (χ1v) is 9.54. The number of nitrogens with one attached hydrogen (secondary N) is 1. The average molecular weight is 422 g/mol. The lowest BCUT2D eigenvalue weighted by Crippen LogP contribution is -2.14. The molecule has 0 saturated heterocycles. The highest BCUT2D eigenvalue weighted by Crippen LogP contribution is 2.31. The summed E-state index contributed by atoms with van der Waals surface area (Å²) in [4.78, 5) is 16.4. The molecule has 1 amide bonds. The van der Waals surface area contributed by atoms with Gasteiger partial charge in [-0.05, 0) is 30.3 Å². The molecule has 0 spiro atoms. The zero-order valence-electron chi connectivity index (χ0n) is 15.1. The summed E-state index contributed by atoms with van der Waals surface area (Å²) in [5.41, 5.74) is -0.198. The number of ether oxygens (including phenoxy) is 1. The minimum atomic E-state index is -4.41. The van der Waals surface area contributed by atoms with Gasteiger partial charge in [0.1, 0.15) is 25.0 Å². The van der Waals surface area contributed by atoms with Gasteiger partial charge in [0.25, 0.3) is 0 Å². The number of halogens is 3. The zero-order valence-corrected chi connectivity index (χ0v) is 15.9. The smallest absolute Gasteiger partial charge is 0.416 e. The molecule has 0 radical (unpaired) electrons. The summed E-state index contributed by atoms with van der Waals surface area (Å²) in [5, 5.41) is 6.68. The monoisotopic (exact) mass is 422 g/mol. The molecule has 0 fully saturated rings. The van der Waals surface area contributed by atoms with E-state index in [9.17, 15) is 18.0 Å². The first-order valence-electron chi connectivity index (χ1n) is 8.55. The molecule has 1 aromatic heterocycles. The molecule has 3 aromatic rings. The first kappa shape index (κ1) is 20.7. The number of aromatic nitrogens is 3. The predicted molar refractivity (Wildman–Crippen MR) is 103 cm³/mol.